The van der Waals surface area contributed by atoms with Gasteiger partial charge in [0.15, 0.2) is 0 Å². The molecule has 116 valence electrons. The molecule has 0 saturated carbocycles. The Labute approximate surface area is 123 Å². The predicted octanol–water partition coefficient (Wildman–Crippen LogP) is 2.14. The number of nitrogens with zero attached hydrogens (tertiary/aromatic N) is 2. The van der Waals surface area contributed by atoms with E-state index in [1.165, 1.54) is 25.7 Å². The van der Waals surface area contributed by atoms with Gasteiger partial charge in [-0.25, -0.2) is 0 Å². The van der Waals surface area contributed by atoms with E-state index < -0.39 is 0 Å². The van der Waals surface area contributed by atoms with Gasteiger partial charge in [0.05, 0.1) is 6.10 Å². The van der Waals surface area contributed by atoms with Gasteiger partial charge in [-0.15, -0.1) is 0 Å². The average molecular weight is 282 g/mol. The van der Waals surface area contributed by atoms with Gasteiger partial charge in [-0.2, -0.15) is 0 Å². The predicted molar refractivity (Wildman–Crippen MR) is 80.7 cm³/mol. The SMILES string of the molecule is CCN1CCC(CC(=O)N(C)C[C@@H]2CCCCO2)CC1. The lowest BCUT2D eigenvalue weighted by molar-refractivity contribution is -0.133. The Morgan fingerprint density at radius 3 is 2.60 bits per heavy atom. The number of rotatable bonds is 5. The molecule has 2 aliphatic heterocycles. The van der Waals surface area contributed by atoms with Crippen LogP contribution >= 0.6 is 0 Å². The highest BCUT2D eigenvalue weighted by atomic mass is 16.5. The second-order valence-corrected chi connectivity index (χ2v) is 6.34. The second kappa shape index (κ2) is 7.99. The molecule has 0 spiro atoms. The number of likely N-dealkylation sites (tertiary alicyclic amines) is 1. The molecule has 0 radical (unpaired) electrons. The Balaban J connectivity index is 1.68. The topological polar surface area (TPSA) is 32.8 Å². The minimum Gasteiger partial charge on any atom is -0.376 e. The average Bonchev–Trinajstić information content (AvgIpc) is 2.49. The van der Waals surface area contributed by atoms with E-state index in [1.807, 2.05) is 11.9 Å². The summed E-state index contributed by atoms with van der Waals surface area (Å²) in [5.74, 6) is 0.883. The van der Waals surface area contributed by atoms with E-state index in [4.69, 9.17) is 4.74 Å². The van der Waals surface area contributed by atoms with Crippen molar-refractivity contribution in [3.63, 3.8) is 0 Å². The summed E-state index contributed by atoms with van der Waals surface area (Å²) in [7, 11) is 1.93. The summed E-state index contributed by atoms with van der Waals surface area (Å²) in [6.45, 7) is 7.30. The highest BCUT2D eigenvalue weighted by molar-refractivity contribution is 5.76. The van der Waals surface area contributed by atoms with E-state index in [-0.39, 0.29) is 6.10 Å². The fourth-order valence-electron chi connectivity index (χ4n) is 3.27. The third kappa shape index (κ3) is 4.74. The summed E-state index contributed by atoms with van der Waals surface area (Å²) in [6.07, 6.45) is 6.85. The molecule has 2 heterocycles. The number of amides is 1. The lowest BCUT2D eigenvalue weighted by atomic mass is 9.93. The second-order valence-electron chi connectivity index (χ2n) is 6.34. The fraction of sp³-hybridized carbons (Fsp3) is 0.938. The van der Waals surface area contributed by atoms with Crippen molar-refractivity contribution in [1.82, 2.24) is 9.80 Å². The Morgan fingerprint density at radius 1 is 1.25 bits per heavy atom. The molecule has 4 nitrogen and oxygen atoms in total. The van der Waals surface area contributed by atoms with E-state index >= 15 is 0 Å². The Bertz CT molecular complexity index is 295. The number of hydrogen-bond acceptors (Lipinski definition) is 3. The van der Waals surface area contributed by atoms with E-state index in [0.29, 0.717) is 11.8 Å². The van der Waals surface area contributed by atoms with E-state index in [0.717, 1.165) is 45.6 Å². The molecule has 0 N–H and O–H groups in total. The van der Waals surface area contributed by atoms with Crippen LogP contribution in [0.2, 0.25) is 0 Å². The van der Waals surface area contributed by atoms with Gasteiger partial charge in [0.25, 0.3) is 0 Å². The van der Waals surface area contributed by atoms with Crippen molar-refractivity contribution in [2.45, 2.75) is 51.6 Å². The molecule has 0 aromatic rings. The largest absolute Gasteiger partial charge is 0.376 e. The summed E-state index contributed by atoms with van der Waals surface area (Å²) in [6, 6.07) is 0. The first-order valence-corrected chi connectivity index (χ1v) is 8.27. The van der Waals surface area contributed by atoms with Crippen molar-refractivity contribution in [2.75, 3.05) is 39.8 Å². The van der Waals surface area contributed by atoms with Crippen molar-refractivity contribution in [2.24, 2.45) is 5.92 Å². The number of carbonyl (C=O) groups is 1. The minimum absolute atomic E-state index is 0.264. The van der Waals surface area contributed by atoms with Gasteiger partial charge in [0, 0.05) is 26.6 Å². The van der Waals surface area contributed by atoms with Crippen LogP contribution in [0.5, 0.6) is 0 Å². The van der Waals surface area contributed by atoms with Crippen molar-refractivity contribution >= 4 is 5.91 Å². The maximum atomic E-state index is 12.3. The van der Waals surface area contributed by atoms with Crippen LogP contribution in [0.1, 0.15) is 45.4 Å². The molecule has 0 aromatic heterocycles. The minimum atomic E-state index is 0.264. The number of hydrogen-bond donors (Lipinski definition) is 0. The first kappa shape index (κ1) is 15.8. The molecule has 0 aliphatic carbocycles. The fourth-order valence-corrected chi connectivity index (χ4v) is 3.27. The highest BCUT2D eigenvalue weighted by Crippen LogP contribution is 2.21. The summed E-state index contributed by atoms with van der Waals surface area (Å²) >= 11 is 0. The lowest BCUT2D eigenvalue weighted by Gasteiger charge is -2.32. The first-order valence-electron chi connectivity index (χ1n) is 8.27. The van der Waals surface area contributed by atoms with Crippen molar-refractivity contribution in [3.05, 3.63) is 0 Å². The van der Waals surface area contributed by atoms with Crippen LogP contribution < -0.4 is 0 Å². The van der Waals surface area contributed by atoms with Gasteiger partial charge in [-0.3, -0.25) is 4.79 Å². The zero-order valence-electron chi connectivity index (χ0n) is 13.1. The molecule has 1 atom stereocenters. The van der Waals surface area contributed by atoms with Gasteiger partial charge < -0.3 is 14.5 Å². The van der Waals surface area contributed by atoms with Crippen molar-refractivity contribution in [3.8, 4) is 0 Å². The Morgan fingerprint density at radius 2 is 2.00 bits per heavy atom. The molecule has 2 fully saturated rings. The maximum Gasteiger partial charge on any atom is 0.222 e. The van der Waals surface area contributed by atoms with Gasteiger partial charge in [0.2, 0.25) is 5.91 Å². The van der Waals surface area contributed by atoms with E-state index in [2.05, 4.69) is 11.8 Å². The number of piperidine rings is 1. The van der Waals surface area contributed by atoms with Gasteiger partial charge in [0.1, 0.15) is 0 Å². The van der Waals surface area contributed by atoms with E-state index in [1.54, 1.807) is 0 Å². The molecule has 4 heteroatoms. The molecule has 0 unspecified atom stereocenters. The van der Waals surface area contributed by atoms with Crippen LogP contribution in [-0.4, -0.2) is 61.6 Å². The number of likely N-dealkylation sites (N-methyl/N-ethyl adjacent to an activating group) is 1. The van der Waals surface area contributed by atoms with Crippen LogP contribution in [0.15, 0.2) is 0 Å². The zero-order valence-corrected chi connectivity index (χ0v) is 13.1. The summed E-state index contributed by atoms with van der Waals surface area (Å²) in [5.41, 5.74) is 0. The first-order chi connectivity index (χ1) is 9.69. The van der Waals surface area contributed by atoms with Crippen LogP contribution in [0.3, 0.4) is 0 Å². The lowest BCUT2D eigenvalue weighted by Crippen LogP contribution is -2.39. The van der Waals surface area contributed by atoms with Gasteiger partial charge in [-0.05, 0) is 57.7 Å². The molecular formula is C16H30N2O2. The number of carbonyl (C=O) groups excluding carboxylic acids is 1. The third-order valence-electron chi connectivity index (χ3n) is 4.79. The monoisotopic (exact) mass is 282 g/mol. The third-order valence-corrected chi connectivity index (χ3v) is 4.79. The maximum absolute atomic E-state index is 12.3. The molecule has 2 aliphatic rings. The van der Waals surface area contributed by atoms with Gasteiger partial charge >= 0.3 is 0 Å². The highest BCUT2D eigenvalue weighted by Gasteiger charge is 2.24. The standard InChI is InChI=1S/C16H30N2O2/c1-3-18-9-7-14(8-10-18)12-16(19)17(2)13-15-6-4-5-11-20-15/h14-15H,3-13H2,1-2H3/t15-/m0/s1. The molecule has 0 bridgehead atoms. The van der Waals surface area contributed by atoms with Crippen LogP contribution in [0.25, 0.3) is 0 Å². The van der Waals surface area contributed by atoms with Crippen molar-refractivity contribution in [1.29, 1.82) is 0 Å². The summed E-state index contributed by atoms with van der Waals surface area (Å²) in [5, 5.41) is 0. The van der Waals surface area contributed by atoms with Crippen LogP contribution in [0.4, 0.5) is 0 Å². The molecular weight excluding hydrogens is 252 g/mol. The Kier molecular flexibility index (Phi) is 6.30. The van der Waals surface area contributed by atoms with E-state index in [9.17, 15) is 4.79 Å². The molecule has 20 heavy (non-hydrogen) atoms. The number of ether oxygens (including phenoxy) is 1. The normalized spacial score (nSPS) is 25.6. The molecule has 1 amide bonds. The van der Waals surface area contributed by atoms with Crippen molar-refractivity contribution < 1.29 is 9.53 Å². The molecule has 0 aromatic carbocycles. The summed E-state index contributed by atoms with van der Waals surface area (Å²) < 4.78 is 5.72. The van der Waals surface area contributed by atoms with Crippen LogP contribution in [0, 0.1) is 5.92 Å². The van der Waals surface area contributed by atoms with Crippen LogP contribution in [-0.2, 0) is 9.53 Å². The quantitative estimate of drug-likeness (QED) is 0.774. The van der Waals surface area contributed by atoms with Gasteiger partial charge in [-0.1, -0.05) is 6.92 Å². The Hall–Kier alpha value is -0.610. The summed E-state index contributed by atoms with van der Waals surface area (Å²) in [4.78, 5) is 16.7. The molecule has 2 rings (SSSR count). The zero-order chi connectivity index (χ0) is 14.4. The molecule has 2 saturated heterocycles. The smallest absolute Gasteiger partial charge is 0.222 e.